The molecule has 1 rings (SSSR count). The van der Waals surface area contributed by atoms with E-state index in [-0.39, 0.29) is 11.7 Å². The maximum atomic E-state index is 11.6. The molecule has 0 bridgehead atoms. The fraction of sp³-hybridized carbons (Fsp3) is 0.455. The average Bonchev–Trinajstić information content (AvgIpc) is 2.77. The molecule has 5 nitrogen and oxygen atoms in total. The maximum Gasteiger partial charge on any atom is 0.326 e. The van der Waals surface area contributed by atoms with Gasteiger partial charge in [-0.15, -0.1) is 0 Å². The van der Waals surface area contributed by atoms with Crippen molar-refractivity contribution in [2.24, 2.45) is 5.92 Å². The Labute approximate surface area is 93.4 Å². The summed E-state index contributed by atoms with van der Waals surface area (Å²) >= 11 is 0. The van der Waals surface area contributed by atoms with Gasteiger partial charge in [-0.1, -0.05) is 20.3 Å². The second-order valence-electron chi connectivity index (χ2n) is 3.65. The van der Waals surface area contributed by atoms with Crippen LogP contribution in [-0.4, -0.2) is 23.0 Å². The summed E-state index contributed by atoms with van der Waals surface area (Å²) in [7, 11) is 0. The van der Waals surface area contributed by atoms with Crippen molar-refractivity contribution in [1.29, 1.82) is 0 Å². The molecule has 0 saturated carbocycles. The third-order valence-electron chi connectivity index (χ3n) is 2.51. The molecule has 2 atom stereocenters. The van der Waals surface area contributed by atoms with Crippen LogP contribution >= 0.6 is 0 Å². The van der Waals surface area contributed by atoms with Crippen LogP contribution in [0.1, 0.15) is 30.8 Å². The average molecular weight is 225 g/mol. The smallest absolute Gasteiger partial charge is 0.326 e. The van der Waals surface area contributed by atoms with Crippen molar-refractivity contribution in [3.8, 4) is 0 Å². The molecular weight excluding hydrogens is 210 g/mol. The van der Waals surface area contributed by atoms with E-state index in [1.165, 1.54) is 12.3 Å². The number of hydrogen-bond donors (Lipinski definition) is 2. The van der Waals surface area contributed by atoms with Crippen LogP contribution in [0, 0.1) is 5.92 Å². The Kier molecular flexibility index (Phi) is 4.10. The predicted octanol–water partition coefficient (Wildman–Crippen LogP) is 1.51. The first-order valence-electron chi connectivity index (χ1n) is 5.13. The molecular formula is C11H15NO4. The van der Waals surface area contributed by atoms with Crippen LogP contribution in [0.4, 0.5) is 0 Å². The zero-order valence-electron chi connectivity index (χ0n) is 9.27. The van der Waals surface area contributed by atoms with Crippen molar-refractivity contribution in [3.63, 3.8) is 0 Å². The summed E-state index contributed by atoms with van der Waals surface area (Å²) in [5.41, 5.74) is 0. The number of carbonyl (C=O) groups excluding carboxylic acids is 1. The minimum absolute atomic E-state index is 0.120. The molecule has 0 saturated heterocycles. The monoisotopic (exact) mass is 225 g/mol. The molecule has 16 heavy (non-hydrogen) atoms. The Bertz CT molecular complexity index is 358. The Balaban J connectivity index is 2.69. The van der Waals surface area contributed by atoms with Crippen molar-refractivity contribution in [2.45, 2.75) is 26.3 Å². The standard InChI is InChI=1S/C11H15NO4/c1-3-7(2)9(11(14)15)12-10(13)8-5-4-6-16-8/h4-7,9H,3H2,1-2H3,(H,12,13)(H,14,15)/t7-,9-/m0/s1. The fourth-order valence-corrected chi connectivity index (χ4v) is 1.30. The van der Waals surface area contributed by atoms with Crippen molar-refractivity contribution in [2.75, 3.05) is 0 Å². The van der Waals surface area contributed by atoms with Gasteiger partial charge in [-0.25, -0.2) is 4.79 Å². The molecule has 0 unspecified atom stereocenters. The van der Waals surface area contributed by atoms with E-state index in [0.29, 0.717) is 6.42 Å². The predicted molar refractivity (Wildman–Crippen MR) is 57.1 cm³/mol. The van der Waals surface area contributed by atoms with Crippen molar-refractivity contribution in [1.82, 2.24) is 5.32 Å². The quantitative estimate of drug-likeness (QED) is 0.796. The van der Waals surface area contributed by atoms with E-state index in [2.05, 4.69) is 5.32 Å². The number of aliphatic carboxylic acids is 1. The molecule has 0 aliphatic carbocycles. The second-order valence-corrected chi connectivity index (χ2v) is 3.65. The van der Waals surface area contributed by atoms with Gasteiger partial charge in [0.15, 0.2) is 5.76 Å². The lowest BCUT2D eigenvalue weighted by Gasteiger charge is -2.19. The van der Waals surface area contributed by atoms with Gasteiger partial charge in [0.1, 0.15) is 6.04 Å². The highest BCUT2D eigenvalue weighted by atomic mass is 16.4. The van der Waals surface area contributed by atoms with Crippen molar-refractivity contribution in [3.05, 3.63) is 24.2 Å². The molecule has 1 heterocycles. The summed E-state index contributed by atoms with van der Waals surface area (Å²) < 4.78 is 4.88. The van der Waals surface area contributed by atoms with Crippen LogP contribution in [0.3, 0.4) is 0 Å². The molecule has 0 spiro atoms. The molecule has 0 radical (unpaired) electrons. The first kappa shape index (κ1) is 12.3. The van der Waals surface area contributed by atoms with Crippen LogP contribution in [0.5, 0.6) is 0 Å². The molecule has 1 aromatic rings. The van der Waals surface area contributed by atoms with Gasteiger partial charge in [-0.2, -0.15) is 0 Å². The molecule has 0 aliphatic heterocycles. The van der Waals surface area contributed by atoms with E-state index in [4.69, 9.17) is 9.52 Å². The highest BCUT2D eigenvalue weighted by molar-refractivity contribution is 5.94. The lowest BCUT2D eigenvalue weighted by Crippen LogP contribution is -2.44. The van der Waals surface area contributed by atoms with E-state index in [1.54, 1.807) is 13.0 Å². The molecule has 1 amide bonds. The number of furan rings is 1. The summed E-state index contributed by atoms with van der Waals surface area (Å²) in [5, 5.41) is 11.4. The van der Waals surface area contributed by atoms with E-state index < -0.39 is 17.9 Å². The lowest BCUT2D eigenvalue weighted by atomic mass is 9.99. The topological polar surface area (TPSA) is 79.5 Å². The molecule has 88 valence electrons. The fourth-order valence-electron chi connectivity index (χ4n) is 1.30. The van der Waals surface area contributed by atoms with Gasteiger partial charge in [-0.3, -0.25) is 4.79 Å². The van der Waals surface area contributed by atoms with Crippen LogP contribution in [-0.2, 0) is 4.79 Å². The Morgan fingerprint density at radius 2 is 2.25 bits per heavy atom. The Morgan fingerprint density at radius 1 is 1.56 bits per heavy atom. The van der Waals surface area contributed by atoms with Crippen LogP contribution < -0.4 is 5.32 Å². The van der Waals surface area contributed by atoms with Crippen LogP contribution in [0.25, 0.3) is 0 Å². The van der Waals surface area contributed by atoms with E-state index in [0.717, 1.165) is 0 Å². The highest BCUT2D eigenvalue weighted by Gasteiger charge is 2.26. The summed E-state index contributed by atoms with van der Waals surface area (Å²) in [4.78, 5) is 22.5. The number of rotatable bonds is 5. The number of amides is 1. The van der Waals surface area contributed by atoms with E-state index >= 15 is 0 Å². The lowest BCUT2D eigenvalue weighted by molar-refractivity contribution is -0.140. The summed E-state index contributed by atoms with van der Waals surface area (Å²) in [6, 6.07) is 2.18. The first-order chi connectivity index (χ1) is 7.56. The summed E-state index contributed by atoms with van der Waals surface area (Å²) in [5.74, 6) is -1.54. The zero-order chi connectivity index (χ0) is 12.1. The number of carboxylic acid groups (broad SMARTS) is 1. The summed E-state index contributed by atoms with van der Waals surface area (Å²) in [6.45, 7) is 3.65. The molecule has 2 N–H and O–H groups in total. The van der Waals surface area contributed by atoms with Crippen LogP contribution in [0.2, 0.25) is 0 Å². The number of hydrogen-bond acceptors (Lipinski definition) is 3. The minimum atomic E-state index is -1.03. The van der Waals surface area contributed by atoms with Crippen LogP contribution in [0.15, 0.2) is 22.8 Å². The first-order valence-corrected chi connectivity index (χ1v) is 5.13. The number of nitrogens with one attached hydrogen (secondary N) is 1. The summed E-state index contributed by atoms with van der Waals surface area (Å²) in [6.07, 6.45) is 2.04. The van der Waals surface area contributed by atoms with E-state index in [9.17, 15) is 9.59 Å². The van der Waals surface area contributed by atoms with Crippen molar-refractivity contribution >= 4 is 11.9 Å². The van der Waals surface area contributed by atoms with Gasteiger partial charge in [0.05, 0.1) is 6.26 Å². The van der Waals surface area contributed by atoms with Gasteiger partial charge in [0.2, 0.25) is 0 Å². The van der Waals surface area contributed by atoms with Gasteiger partial charge in [0.25, 0.3) is 5.91 Å². The second kappa shape index (κ2) is 5.34. The Morgan fingerprint density at radius 3 is 2.69 bits per heavy atom. The normalized spacial score (nSPS) is 14.1. The molecule has 5 heteroatoms. The molecule has 0 fully saturated rings. The van der Waals surface area contributed by atoms with Gasteiger partial charge >= 0.3 is 5.97 Å². The van der Waals surface area contributed by atoms with Gasteiger partial charge < -0.3 is 14.8 Å². The minimum Gasteiger partial charge on any atom is -0.480 e. The maximum absolute atomic E-state index is 11.6. The molecule has 0 aromatic carbocycles. The number of carbonyl (C=O) groups is 2. The van der Waals surface area contributed by atoms with E-state index in [1.807, 2.05) is 6.92 Å². The highest BCUT2D eigenvalue weighted by Crippen LogP contribution is 2.09. The molecule has 1 aromatic heterocycles. The van der Waals surface area contributed by atoms with Gasteiger partial charge in [0, 0.05) is 0 Å². The SMILES string of the molecule is CC[C@H](C)[C@H](NC(=O)c1ccco1)C(=O)O. The third kappa shape index (κ3) is 2.85. The third-order valence-corrected chi connectivity index (χ3v) is 2.51. The zero-order valence-corrected chi connectivity index (χ0v) is 9.27. The van der Waals surface area contributed by atoms with Gasteiger partial charge in [-0.05, 0) is 18.1 Å². The number of carboxylic acids is 1. The largest absolute Gasteiger partial charge is 0.480 e. The Hall–Kier alpha value is -1.78. The van der Waals surface area contributed by atoms with Crippen molar-refractivity contribution < 1.29 is 19.1 Å². The molecule has 0 aliphatic rings.